The molecule has 0 unspecified atom stereocenters. The van der Waals surface area contributed by atoms with Crippen molar-refractivity contribution in [2.45, 2.75) is 37.3 Å². The first kappa shape index (κ1) is 11.8. The van der Waals surface area contributed by atoms with E-state index in [4.69, 9.17) is 10.5 Å². The van der Waals surface area contributed by atoms with Crippen LogP contribution in [0.2, 0.25) is 0 Å². The van der Waals surface area contributed by atoms with E-state index in [9.17, 15) is 4.79 Å². The summed E-state index contributed by atoms with van der Waals surface area (Å²) in [7, 11) is 0. The largest absolute Gasteiger partial charge is 0.373 e. The van der Waals surface area contributed by atoms with Crippen molar-refractivity contribution in [3.8, 4) is 0 Å². The molecule has 0 radical (unpaired) electrons. The van der Waals surface area contributed by atoms with Gasteiger partial charge in [0.05, 0.1) is 23.3 Å². The topological polar surface area (TPSA) is 83.0 Å². The van der Waals surface area contributed by atoms with Gasteiger partial charge in [0.25, 0.3) is 0 Å². The van der Waals surface area contributed by atoms with Crippen molar-refractivity contribution in [2.24, 2.45) is 5.73 Å². The van der Waals surface area contributed by atoms with E-state index in [0.29, 0.717) is 17.8 Å². The lowest BCUT2D eigenvalue weighted by Crippen LogP contribution is -2.33. The molecule has 2 fully saturated rings. The van der Waals surface area contributed by atoms with Crippen molar-refractivity contribution in [1.82, 2.24) is 14.8 Å². The van der Waals surface area contributed by atoms with E-state index in [1.165, 1.54) is 6.20 Å². The molecule has 2 bridgehead atoms. The Morgan fingerprint density at radius 2 is 2.35 bits per heavy atom. The average Bonchev–Trinajstić information content (AvgIpc) is 3.07. The summed E-state index contributed by atoms with van der Waals surface area (Å²) in [6.07, 6.45) is 6.54. The van der Waals surface area contributed by atoms with Gasteiger partial charge in [-0.25, -0.2) is 4.98 Å². The van der Waals surface area contributed by atoms with E-state index in [1.54, 1.807) is 6.07 Å². The summed E-state index contributed by atoms with van der Waals surface area (Å²) in [6, 6.07) is 1.74. The SMILES string of the molecule is C[C@@]12CC[C@@](n3cc4cc(C(N)=O)cnc4n3)(CO1)C2. The Labute approximate surface area is 115 Å². The van der Waals surface area contributed by atoms with Gasteiger partial charge in [-0.15, -0.1) is 0 Å². The molecular weight excluding hydrogens is 256 g/mol. The minimum Gasteiger partial charge on any atom is -0.373 e. The van der Waals surface area contributed by atoms with Gasteiger partial charge in [0, 0.05) is 24.2 Å². The van der Waals surface area contributed by atoms with Crippen LogP contribution in [0.15, 0.2) is 18.5 Å². The highest BCUT2D eigenvalue weighted by molar-refractivity contribution is 5.95. The Hall–Kier alpha value is -1.95. The molecule has 1 amide bonds. The number of hydrogen-bond acceptors (Lipinski definition) is 4. The fraction of sp³-hybridized carbons (Fsp3) is 0.500. The molecule has 1 saturated heterocycles. The van der Waals surface area contributed by atoms with Crippen molar-refractivity contribution in [2.75, 3.05) is 6.61 Å². The monoisotopic (exact) mass is 272 g/mol. The number of hydrogen-bond donors (Lipinski definition) is 1. The number of pyridine rings is 1. The lowest BCUT2D eigenvalue weighted by atomic mass is 9.99. The highest BCUT2D eigenvalue weighted by Crippen LogP contribution is 2.51. The van der Waals surface area contributed by atoms with Crippen LogP contribution in [-0.2, 0) is 10.3 Å². The van der Waals surface area contributed by atoms with Crippen LogP contribution in [0.4, 0.5) is 0 Å². The number of nitrogens with two attached hydrogens (primary N) is 1. The minimum absolute atomic E-state index is 0.00997. The molecule has 0 spiro atoms. The molecule has 6 nitrogen and oxygen atoms in total. The maximum absolute atomic E-state index is 11.2. The number of rotatable bonds is 2. The summed E-state index contributed by atoms with van der Waals surface area (Å²) in [5.41, 5.74) is 6.27. The number of amides is 1. The van der Waals surface area contributed by atoms with Crippen LogP contribution in [-0.4, -0.2) is 32.9 Å². The second-order valence-electron chi connectivity index (χ2n) is 6.21. The second kappa shape index (κ2) is 3.58. The molecule has 2 N–H and O–H groups in total. The van der Waals surface area contributed by atoms with E-state index >= 15 is 0 Å². The zero-order valence-corrected chi connectivity index (χ0v) is 11.3. The fourth-order valence-electron chi connectivity index (χ4n) is 3.48. The summed E-state index contributed by atoms with van der Waals surface area (Å²) >= 11 is 0. The van der Waals surface area contributed by atoms with Crippen molar-refractivity contribution < 1.29 is 9.53 Å². The first-order chi connectivity index (χ1) is 9.50. The number of nitrogens with zero attached hydrogens (tertiary/aromatic N) is 3. The third kappa shape index (κ3) is 1.51. The number of primary amides is 1. The molecule has 3 heterocycles. The quantitative estimate of drug-likeness (QED) is 0.890. The first-order valence-electron chi connectivity index (χ1n) is 6.80. The van der Waals surface area contributed by atoms with Gasteiger partial charge in [-0.2, -0.15) is 5.10 Å². The minimum atomic E-state index is -0.469. The predicted molar refractivity (Wildman–Crippen MR) is 72.2 cm³/mol. The Morgan fingerprint density at radius 3 is 2.95 bits per heavy atom. The molecular formula is C14H16N4O2. The van der Waals surface area contributed by atoms with E-state index in [-0.39, 0.29) is 11.1 Å². The smallest absolute Gasteiger partial charge is 0.250 e. The van der Waals surface area contributed by atoms with Gasteiger partial charge in [0.15, 0.2) is 5.65 Å². The van der Waals surface area contributed by atoms with Crippen molar-refractivity contribution in [1.29, 1.82) is 0 Å². The Bertz CT molecular complexity index is 713. The molecule has 2 aromatic heterocycles. The van der Waals surface area contributed by atoms with Gasteiger partial charge in [-0.3, -0.25) is 9.48 Å². The highest BCUT2D eigenvalue weighted by Gasteiger charge is 2.54. The highest BCUT2D eigenvalue weighted by atomic mass is 16.5. The molecule has 1 aliphatic carbocycles. The van der Waals surface area contributed by atoms with Gasteiger partial charge in [-0.05, 0) is 25.8 Å². The molecule has 20 heavy (non-hydrogen) atoms. The van der Waals surface area contributed by atoms with E-state index in [0.717, 1.165) is 24.6 Å². The van der Waals surface area contributed by atoms with Crippen molar-refractivity contribution >= 4 is 16.9 Å². The second-order valence-corrected chi connectivity index (χ2v) is 6.21. The lowest BCUT2D eigenvalue weighted by molar-refractivity contribution is -0.0149. The van der Waals surface area contributed by atoms with Gasteiger partial charge < -0.3 is 10.5 Å². The van der Waals surface area contributed by atoms with Crippen LogP contribution in [0.1, 0.15) is 36.5 Å². The van der Waals surface area contributed by atoms with Gasteiger partial charge in [0.2, 0.25) is 5.91 Å². The van der Waals surface area contributed by atoms with Crippen LogP contribution in [0.25, 0.3) is 11.0 Å². The number of carbonyl (C=O) groups is 1. The maximum atomic E-state index is 11.2. The summed E-state index contributed by atoms with van der Waals surface area (Å²) < 4.78 is 7.88. The molecule has 1 saturated carbocycles. The van der Waals surface area contributed by atoms with Crippen LogP contribution >= 0.6 is 0 Å². The van der Waals surface area contributed by atoms with E-state index in [2.05, 4.69) is 17.0 Å². The van der Waals surface area contributed by atoms with Gasteiger partial charge >= 0.3 is 0 Å². The molecule has 6 heteroatoms. The molecule has 2 atom stereocenters. The standard InChI is InChI=1S/C14H16N4O2/c1-13-2-3-14(7-13,8-20-13)18-6-10-4-9(11(15)19)5-16-12(10)17-18/h4-6H,2-3,7-8H2,1H3,(H2,15,19)/t13-,14-/m0/s1. The Kier molecular flexibility index (Phi) is 2.12. The van der Waals surface area contributed by atoms with E-state index < -0.39 is 5.91 Å². The van der Waals surface area contributed by atoms with Gasteiger partial charge in [-0.1, -0.05) is 0 Å². The van der Waals surface area contributed by atoms with Crippen LogP contribution < -0.4 is 5.73 Å². The van der Waals surface area contributed by atoms with Crippen LogP contribution in [0.3, 0.4) is 0 Å². The van der Waals surface area contributed by atoms with Crippen LogP contribution in [0.5, 0.6) is 0 Å². The normalized spacial score (nSPS) is 32.0. The Morgan fingerprint density at radius 1 is 1.50 bits per heavy atom. The van der Waals surface area contributed by atoms with Crippen molar-refractivity contribution in [3.63, 3.8) is 0 Å². The molecule has 0 aromatic carbocycles. The number of carbonyl (C=O) groups excluding carboxylic acids is 1. The molecule has 104 valence electrons. The summed E-state index contributed by atoms with van der Waals surface area (Å²) in [5, 5.41) is 5.41. The fourth-order valence-corrected chi connectivity index (χ4v) is 3.48. The third-order valence-corrected chi connectivity index (χ3v) is 4.64. The molecule has 2 aromatic rings. The molecule has 1 aliphatic heterocycles. The number of aromatic nitrogens is 3. The number of fused-ring (bicyclic) bond motifs is 3. The zero-order chi connectivity index (χ0) is 14.0. The van der Waals surface area contributed by atoms with Gasteiger partial charge in [0.1, 0.15) is 0 Å². The van der Waals surface area contributed by atoms with E-state index in [1.807, 2.05) is 10.9 Å². The summed E-state index contributed by atoms with van der Waals surface area (Å²) in [6.45, 7) is 2.86. The molecule has 2 aliphatic rings. The van der Waals surface area contributed by atoms with Crippen molar-refractivity contribution in [3.05, 3.63) is 24.0 Å². The summed E-state index contributed by atoms with van der Waals surface area (Å²) in [5.74, 6) is -0.469. The third-order valence-electron chi connectivity index (χ3n) is 4.64. The Balaban J connectivity index is 1.80. The number of ether oxygens (including phenoxy) is 1. The summed E-state index contributed by atoms with van der Waals surface area (Å²) in [4.78, 5) is 15.4. The maximum Gasteiger partial charge on any atom is 0.250 e. The zero-order valence-electron chi connectivity index (χ0n) is 11.3. The van der Waals surface area contributed by atoms with Crippen LogP contribution in [0, 0.1) is 0 Å². The first-order valence-corrected chi connectivity index (χ1v) is 6.80. The lowest BCUT2D eigenvalue weighted by Gasteiger charge is -2.26. The molecule has 4 rings (SSSR count). The average molecular weight is 272 g/mol. The predicted octanol–water partition coefficient (Wildman–Crippen LogP) is 1.20.